The van der Waals surface area contributed by atoms with Gasteiger partial charge in [-0.15, -0.1) is 0 Å². The van der Waals surface area contributed by atoms with Crippen LogP contribution >= 0.6 is 0 Å². The van der Waals surface area contributed by atoms with E-state index in [0.29, 0.717) is 23.5 Å². The number of hydrogen-bond donors (Lipinski definition) is 2. The molecule has 1 aliphatic carbocycles. The summed E-state index contributed by atoms with van der Waals surface area (Å²) in [7, 11) is 0. The minimum absolute atomic E-state index is 0.0917. The van der Waals surface area contributed by atoms with Crippen molar-refractivity contribution >= 4 is 11.6 Å². The van der Waals surface area contributed by atoms with Gasteiger partial charge in [-0.3, -0.25) is 4.79 Å². The molecule has 17 heavy (non-hydrogen) atoms. The number of nitrogens with one attached hydrogen (secondary N) is 1. The van der Waals surface area contributed by atoms with Crippen LogP contribution in [0.5, 0.6) is 5.75 Å². The highest BCUT2D eigenvalue weighted by Gasteiger charge is 2.20. The Balaban J connectivity index is 2.13. The molecule has 2 rings (SSSR count). The van der Waals surface area contributed by atoms with Crippen molar-refractivity contribution in [2.24, 2.45) is 0 Å². The van der Waals surface area contributed by atoms with E-state index in [1.807, 2.05) is 6.92 Å². The zero-order chi connectivity index (χ0) is 12.3. The van der Waals surface area contributed by atoms with Crippen molar-refractivity contribution in [2.45, 2.75) is 32.3 Å². The summed E-state index contributed by atoms with van der Waals surface area (Å²) >= 11 is 0. The largest absolute Gasteiger partial charge is 0.488 e. The molecule has 0 aliphatic heterocycles. The number of ether oxygens (including phenoxy) is 1. The number of rotatable bonds is 4. The van der Waals surface area contributed by atoms with Gasteiger partial charge in [0.2, 0.25) is 0 Å². The first-order valence-corrected chi connectivity index (χ1v) is 6.05. The van der Waals surface area contributed by atoms with Crippen LogP contribution in [-0.4, -0.2) is 18.6 Å². The van der Waals surface area contributed by atoms with Crippen molar-refractivity contribution in [3.05, 3.63) is 23.8 Å². The summed E-state index contributed by atoms with van der Waals surface area (Å²) in [5.74, 6) is 0.532. The van der Waals surface area contributed by atoms with Crippen LogP contribution in [0.15, 0.2) is 18.2 Å². The average molecular weight is 234 g/mol. The van der Waals surface area contributed by atoms with Crippen molar-refractivity contribution in [1.29, 1.82) is 0 Å². The molecular weight excluding hydrogens is 216 g/mol. The lowest BCUT2D eigenvalue weighted by Gasteiger charge is -2.27. The molecule has 3 N–H and O–H groups in total. The van der Waals surface area contributed by atoms with Crippen LogP contribution in [-0.2, 0) is 0 Å². The molecule has 1 aliphatic rings. The third kappa shape index (κ3) is 2.70. The van der Waals surface area contributed by atoms with Gasteiger partial charge in [0.1, 0.15) is 5.75 Å². The van der Waals surface area contributed by atoms with Crippen LogP contribution < -0.4 is 15.8 Å². The second kappa shape index (κ2) is 5.08. The Morgan fingerprint density at radius 2 is 2.29 bits per heavy atom. The van der Waals surface area contributed by atoms with E-state index in [0.717, 1.165) is 12.8 Å². The summed E-state index contributed by atoms with van der Waals surface area (Å²) in [5, 5.41) is 2.75. The summed E-state index contributed by atoms with van der Waals surface area (Å²) in [4.78, 5) is 11.7. The fourth-order valence-electron chi connectivity index (χ4n) is 1.71. The molecule has 4 nitrogen and oxygen atoms in total. The number of carbonyl (C=O) groups excluding carboxylic acids is 1. The Hall–Kier alpha value is -1.71. The molecule has 1 aromatic rings. The zero-order valence-electron chi connectivity index (χ0n) is 10.0. The number of benzene rings is 1. The summed E-state index contributed by atoms with van der Waals surface area (Å²) in [6.07, 6.45) is 3.62. The zero-order valence-corrected chi connectivity index (χ0v) is 10.0. The topological polar surface area (TPSA) is 64.4 Å². The lowest BCUT2D eigenvalue weighted by molar-refractivity contribution is 0.0952. The second-order valence-corrected chi connectivity index (χ2v) is 4.28. The Labute approximate surface area is 101 Å². The van der Waals surface area contributed by atoms with Gasteiger partial charge in [0.15, 0.2) is 0 Å². The van der Waals surface area contributed by atoms with E-state index >= 15 is 0 Å². The highest BCUT2D eigenvalue weighted by atomic mass is 16.5. The third-order valence-electron chi connectivity index (χ3n) is 2.96. The Bertz CT molecular complexity index is 414. The van der Waals surface area contributed by atoms with Gasteiger partial charge in [-0.2, -0.15) is 0 Å². The predicted molar refractivity (Wildman–Crippen MR) is 67.1 cm³/mol. The van der Waals surface area contributed by atoms with Crippen LogP contribution in [0.4, 0.5) is 5.69 Å². The highest BCUT2D eigenvalue weighted by molar-refractivity contribution is 5.95. The monoisotopic (exact) mass is 234 g/mol. The van der Waals surface area contributed by atoms with Crippen LogP contribution in [0, 0.1) is 0 Å². The van der Waals surface area contributed by atoms with Crippen molar-refractivity contribution in [3.8, 4) is 5.75 Å². The Kier molecular flexibility index (Phi) is 3.52. The summed E-state index contributed by atoms with van der Waals surface area (Å²) < 4.78 is 5.75. The maximum absolute atomic E-state index is 11.7. The maximum Gasteiger partial charge on any atom is 0.251 e. The van der Waals surface area contributed by atoms with E-state index < -0.39 is 0 Å². The minimum atomic E-state index is -0.0917. The van der Waals surface area contributed by atoms with Crippen molar-refractivity contribution in [1.82, 2.24) is 5.32 Å². The molecule has 0 unspecified atom stereocenters. The molecule has 0 saturated heterocycles. The van der Waals surface area contributed by atoms with Crippen molar-refractivity contribution < 1.29 is 9.53 Å². The maximum atomic E-state index is 11.7. The van der Waals surface area contributed by atoms with E-state index in [9.17, 15) is 4.79 Å². The molecule has 4 heteroatoms. The highest BCUT2D eigenvalue weighted by Crippen LogP contribution is 2.29. The molecule has 0 radical (unpaired) electrons. The van der Waals surface area contributed by atoms with E-state index in [1.54, 1.807) is 18.2 Å². The minimum Gasteiger partial charge on any atom is -0.488 e. The number of nitrogens with two attached hydrogens (primary N) is 1. The fraction of sp³-hybridized carbons (Fsp3) is 0.462. The smallest absolute Gasteiger partial charge is 0.251 e. The van der Waals surface area contributed by atoms with E-state index in [4.69, 9.17) is 10.5 Å². The Morgan fingerprint density at radius 3 is 2.88 bits per heavy atom. The van der Waals surface area contributed by atoms with Gasteiger partial charge in [-0.25, -0.2) is 0 Å². The average Bonchev–Trinajstić information content (AvgIpc) is 2.25. The van der Waals surface area contributed by atoms with Crippen molar-refractivity contribution in [2.75, 3.05) is 12.3 Å². The summed E-state index contributed by atoms with van der Waals surface area (Å²) in [6.45, 7) is 2.50. The molecule has 0 spiro atoms. The quantitative estimate of drug-likeness (QED) is 0.783. The van der Waals surface area contributed by atoms with Crippen LogP contribution in [0.2, 0.25) is 0 Å². The van der Waals surface area contributed by atoms with Gasteiger partial charge in [-0.1, -0.05) is 0 Å². The molecule has 1 fully saturated rings. The first-order chi connectivity index (χ1) is 8.20. The van der Waals surface area contributed by atoms with E-state index in [-0.39, 0.29) is 12.0 Å². The van der Waals surface area contributed by atoms with Crippen LogP contribution in [0.3, 0.4) is 0 Å². The number of carbonyl (C=O) groups is 1. The lowest BCUT2D eigenvalue weighted by Crippen LogP contribution is -2.26. The predicted octanol–water partition coefficient (Wildman–Crippen LogP) is 1.95. The van der Waals surface area contributed by atoms with Crippen LogP contribution in [0.25, 0.3) is 0 Å². The molecule has 0 aromatic heterocycles. The van der Waals surface area contributed by atoms with Gasteiger partial charge >= 0.3 is 0 Å². The van der Waals surface area contributed by atoms with Gasteiger partial charge in [0, 0.05) is 12.1 Å². The molecule has 0 heterocycles. The van der Waals surface area contributed by atoms with Gasteiger partial charge < -0.3 is 15.8 Å². The Morgan fingerprint density at radius 1 is 1.53 bits per heavy atom. The standard InChI is InChI=1S/C13H18N2O2/c1-2-15-13(16)9-6-7-11(14)12(8-9)17-10-4-3-5-10/h6-8,10H,2-5,14H2,1H3,(H,15,16). The summed E-state index contributed by atoms with van der Waals surface area (Å²) in [5.41, 5.74) is 7.01. The summed E-state index contributed by atoms with van der Waals surface area (Å²) in [6, 6.07) is 5.16. The molecule has 92 valence electrons. The fourth-order valence-corrected chi connectivity index (χ4v) is 1.71. The molecule has 1 aromatic carbocycles. The van der Waals surface area contributed by atoms with Gasteiger partial charge in [-0.05, 0) is 44.4 Å². The van der Waals surface area contributed by atoms with Crippen molar-refractivity contribution in [3.63, 3.8) is 0 Å². The van der Waals surface area contributed by atoms with E-state index in [2.05, 4.69) is 5.32 Å². The number of anilines is 1. The SMILES string of the molecule is CCNC(=O)c1ccc(N)c(OC2CCC2)c1. The second-order valence-electron chi connectivity index (χ2n) is 4.28. The number of nitrogen functional groups attached to an aromatic ring is 1. The third-order valence-corrected chi connectivity index (χ3v) is 2.96. The first kappa shape index (κ1) is 11.8. The first-order valence-electron chi connectivity index (χ1n) is 6.05. The molecule has 1 saturated carbocycles. The normalized spacial score (nSPS) is 15.1. The van der Waals surface area contributed by atoms with Gasteiger partial charge in [0.05, 0.1) is 11.8 Å². The van der Waals surface area contributed by atoms with E-state index in [1.165, 1.54) is 6.42 Å². The van der Waals surface area contributed by atoms with Crippen LogP contribution in [0.1, 0.15) is 36.5 Å². The van der Waals surface area contributed by atoms with Gasteiger partial charge in [0.25, 0.3) is 5.91 Å². The lowest BCUT2D eigenvalue weighted by atomic mass is 9.96. The molecule has 1 amide bonds. The molecule has 0 atom stereocenters. The number of amides is 1. The number of hydrogen-bond acceptors (Lipinski definition) is 3. The molecule has 0 bridgehead atoms. The molecular formula is C13H18N2O2.